The van der Waals surface area contributed by atoms with Gasteiger partial charge in [0.15, 0.2) is 0 Å². The Morgan fingerprint density at radius 3 is 2.42 bits per heavy atom. The Hall–Kier alpha value is -2.34. The molecule has 24 heavy (non-hydrogen) atoms. The van der Waals surface area contributed by atoms with Crippen molar-refractivity contribution in [1.29, 1.82) is 0 Å². The lowest BCUT2D eigenvalue weighted by Crippen LogP contribution is -2.46. The number of aromatic nitrogens is 2. The van der Waals surface area contributed by atoms with Crippen molar-refractivity contribution in [3.05, 3.63) is 42.7 Å². The van der Waals surface area contributed by atoms with Crippen molar-refractivity contribution in [2.24, 2.45) is 0 Å². The fourth-order valence-corrected chi connectivity index (χ4v) is 2.86. The average molecular weight is 326 g/mol. The van der Waals surface area contributed by atoms with E-state index in [1.807, 2.05) is 6.07 Å². The lowest BCUT2D eigenvalue weighted by atomic mass is 10.2. The number of nitrogens with zero attached hydrogens (tertiary/aromatic N) is 5. The summed E-state index contributed by atoms with van der Waals surface area (Å²) in [6.07, 6.45) is 1.65. The minimum Gasteiger partial charge on any atom is -0.369 e. The van der Waals surface area contributed by atoms with Crippen LogP contribution in [0.5, 0.6) is 0 Å². The first-order chi connectivity index (χ1) is 11.7. The van der Waals surface area contributed by atoms with Crippen LogP contribution in [-0.4, -0.2) is 68.2 Å². The molecule has 0 amide bonds. The van der Waals surface area contributed by atoms with Gasteiger partial charge in [0.25, 0.3) is 0 Å². The van der Waals surface area contributed by atoms with Gasteiger partial charge in [0.2, 0.25) is 0 Å². The average Bonchev–Trinajstić information content (AvgIpc) is 2.63. The van der Waals surface area contributed by atoms with Crippen molar-refractivity contribution < 1.29 is 0 Å². The van der Waals surface area contributed by atoms with E-state index >= 15 is 0 Å². The zero-order valence-corrected chi connectivity index (χ0v) is 14.5. The molecule has 0 spiro atoms. The Bertz CT molecular complexity index is 622. The van der Waals surface area contributed by atoms with E-state index in [9.17, 15) is 0 Å². The van der Waals surface area contributed by atoms with E-state index in [-0.39, 0.29) is 0 Å². The maximum Gasteiger partial charge on any atom is 0.134 e. The standard InChI is InChI=1S/C18H26N6/c1-22(2)9-8-19-17-14-18(21-15-20-17)24-12-10-23(11-13-24)16-6-4-3-5-7-16/h3-7,14-15H,8-13H2,1-2H3,(H,19,20,21). The number of benzene rings is 1. The fraction of sp³-hybridized carbons (Fsp3) is 0.444. The molecule has 1 aliphatic heterocycles. The summed E-state index contributed by atoms with van der Waals surface area (Å²) in [7, 11) is 4.14. The maximum absolute atomic E-state index is 4.45. The molecule has 1 N–H and O–H groups in total. The minimum atomic E-state index is 0.880. The van der Waals surface area contributed by atoms with E-state index in [2.05, 4.69) is 74.4 Å². The molecule has 0 saturated carbocycles. The molecule has 6 nitrogen and oxygen atoms in total. The van der Waals surface area contributed by atoms with Gasteiger partial charge in [0.05, 0.1) is 0 Å². The number of likely N-dealkylation sites (N-methyl/N-ethyl adjacent to an activating group) is 1. The molecule has 0 bridgehead atoms. The van der Waals surface area contributed by atoms with Crippen LogP contribution in [-0.2, 0) is 0 Å². The maximum atomic E-state index is 4.45. The highest BCUT2D eigenvalue weighted by Crippen LogP contribution is 2.19. The number of hydrogen-bond donors (Lipinski definition) is 1. The third kappa shape index (κ3) is 4.35. The Kier molecular flexibility index (Phi) is 5.48. The molecule has 1 aromatic heterocycles. The molecule has 2 heterocycles. The van der Waals surface area contributed by atoms with Crippen molar-refractivity contribution in [3.8, 4) is 0 Å². The van der Waals surface area contributed by atoms with Gasteiger partial charge >= 0.3 is 0 Å². The topological polar surface area (TPSA) is 47.5 Å². The van der Waals surface area contributed by atoms with Crippen molar-refractivity contribution in [2.45, 2.75) is 0 Å². The van der Waals surface area contributed by atoms with E-state index < -0.39 is 0 Å². The highest BCUT2D eigenvalue weighted by molar-refractivity contribution is 5.52. The van der Waals surface area contributed by atoms with Gasteiger partial charge in [-0.05, 0) is 26.2 Å². The van der Waals surface area contributed by atoms with Gasteiger partial charge in [-0.15, -0.1) is 0 Å². The van der Waals surface area contributed by atoms with Gasteiger partial charge in [-0.2, -0.15) is 0 Å². The normalized spacial score (nSPS) is 15.0. The van der Waals surface area contributed by atoms with Crippen LogP contribution in [0.3, 0.4) is 0 Å². The van der Waals surface area contributed by atoms with E-state index in [1.54, 1.807) is 6.33 Å². The van der Waals surface area contributed by atoms with E-state index in [1.165, 1.54) is 5.69 Å². The molecular weight excluding hydrogens is 300 g/mol. The van der Waals surface area contributed by atoms with Crippen LogP contribution >= 0.6 is 0 Å². The summed E-state index contributed by atoms with van der Waals surface area (Å²) < 4.78 is 0. The Balaban J connectivity index is 1.56. The summed E-state index contributed by atoms with van der Waals surface area (Å²) in [5, 5.41) is 3.36. The summed E-state index contributed by atoms with van der Waals surface area (Å²) in [4.78, 5) is 15.7. The molecule has 1 aliphatic rings. The van der Waals surface area contributed by atoms with Crippen LogP contribution < -0.4 is 15.1 Å². The van der Waals surface area contributed by atoms with Gasteiger partial charge in [-0.1, -0.05) is 18.2 Å². The van der Waals surface area contributed by atoms with Gasteiger partial charge < -0.3 is 20.0 Å². The molecule has 128 valence electrons. The second-order valence-electron chi connectivity index (χ2n) is 6.30. The zero-order valence-electron chi connectivity index (χ0n) is 14.5. The summed E-state index contributed by atoms with van der Waals surface area (Å²) in [5.74, 6) is 1.90. The third-order valence-electron chi connectivity index (χ3n) is 4.24. The second kappa shape index (κ2) is 7.97. The summed E-state index contributed by atoms with van der Waals surface area (Å²) in [6.45, 7) is 5.83. The highest BCUT2D eigenvalue weighted by Gasteiger charge is 2.18. The molecule has 0 aliphatic carbocycles. The first-order valence-corrected chi connectivity index (χ1v) is 8.48. The first-order valence-electron chi connectivity index (χ1n) is 8.48. The molecule has 0 unspecified atom stereocenters. The summed E-state index contributed by atoms with van der Waals surface area (Å²) in [6, 6.07) is 12.6. The SMILES string of the molecule is CN(C)CCNc1cc(N2CCN(c3ccccc3)CC2)ncn1. The van der Waals surface area contributed by atoms with Crippen LogP contribution in [0.15, 0.2) is 42.7 Å². The summed E-state index contributed by atoms with van der Waals surface area (Å²) >= 11 is 0. The predicted octanol–water partition coefficient (Wildman–Crippen LogP) is 1.78. The lowest BCUT2D eigenvalue weighted by molar-refractivity contribution is 0.425. The van der Waals surface area contributed by atoms with Crippen molar-refractivity contribution in [1.82, 2.24) is 14.9 Å². The molecule has 6 heteroatoms. The largest absolute Gasteiger partial charge is 0.369 e. The molecule has 0 radical (unpaired) electrons. The molecule has 0 atom stereocenters. The number of anilines is 3. The lowest BCUT2D eigenvalue weighted by Gasteiger charge is -2.36. The highest BCUT2D eigenvalue weighted by atomic mass is 15.3. The predicted molar refractivity (Wildman–Crippen MR) is 99.9 cm³/mol. The second-order valence-corrected chi connectivity index (χ2v) is 6.30. The van der Waals surface area contributed by atoms with E-state index in [4.69, 9.17) is 0 Å². The molecule has 2 aromatic rings. The number of rotatable bonds is 6. The minimum absolute atomic E-state index is 0.880. The molecular formula is C18H26N6. The van der Waals surface area contributed by atoms with Crippen molar-refractivity contribution >= 4 is 17.3 Å². The van der Waals surface area contributed by atoms with Crippen LogP contribution in [0.25, 0.3) is 0 Å². The Morgan fingerprint density at radius 1 is 1.00 bits per heavy atom. The molecule has 1 aromatic carbocycles. The molecule has 3 rings (SSSR count). The van der Waals surface area contributed by atoms with Crippen LogP contribution in [0.1, 0.15) is 0 Å². The van der Waals surface area contributed by atoms with Gasteiger partial charge in [0, 0.05) is 51.0 Å². The zero-order chi connectivity index (χ0) is 16.8. The van der Waals surface area contributed by atoms with Gasteiger partial charge in [-0.3, -0.25) is 0 Å². The van der Waals surface area contributed by atoms with Crippen LogP contribution in [0, 0.1) is 0 Å². The number of nitrogens with one attached hydrogen (secondary N) is 1. The fourth-order valence-electron chi connectivity index (χ4n) is 2.86. The van der Waals surface area contributed by atoms with Crippen molar-refractivity contribution in [2.75, 3.05) is 68.5 Å². The summed E-state index contributed by atoms with van der Waals surface area (Å²) in [5.41, 5.74) is 1.30. The van der Waals surface area contributed by atoms with E-state index in [0.717, 1.165) is 50.9 Å². The number of para-hydroxylation sites is 1. The third-order valence-corrected chi connectivity index (χ3v) is 4.24. The molecule has 1 saturated heterocycles. The van der Waals surface area contributed by atoms with Crippen molar-refractivity contribution in [3.63, 3.8) is 0 Å². The smallest absolute Gasteiger partial charge is 0.134 e. The van der Waals surface area contributed by atoms with E-state index in [0.29, 0.717) is 0 Å². The molecule has 1 fully saturated rings. The van der Waals surface area contributed by atoms with Gasteiger partial charge in [0.1, 0.15) is 18.0 Å². The number of hydrogen-bond acceptors (Lipinski definition) is 6. The Morgan fingerprint density at radius 2 is 1.71 bits per heavy atom. The first kappa shape index (κ1) is 16.5. The van der Waals surface area contributed by atoms with Crippen LogP contribution in [0.2, 0.25) is 0 Å². The van der Waals surface area contributed by atoms with Gasteiger partial charge in [-0.25, -0.2) is 9.97 Å². The monoisotopic (exact) mass is 326 g/mol. The quantitative estimate of drug-likeness (QED) is 0.873. The Labute approximate surface area is 144 Å². The van der Waals surface area contributed by atoms with Crippen LogP contribution in [0.4, 0.5) is 17.3 Å². The number of piperazine rings is 1.